The Morgan fingerprint density at radius 3 is 2.51 bits per heavy atom. The number of hydrogen-bond donors (Lipinski definition) is 1. The van der Waals surface area contributed by atoms with E-state index in [0.29, 0.717) is 17.7 Å². The third kappa shape index (κ3) is 5.29. The maximum Gasteiger partial charge on any atom is 0.411 e. The molecular weight excluding hydrogens is 444 g/mol. The van der Waals surface area contributed by atoms with Gasteiger partial charge in [-0.2, -0.15) is 0 Å². The van der Waals surface area contributed by atoms with Crippen molar-refractivity contribution in [3.63, 3.8) is 0 Å². The Kier molecular flexibility index (Phi) is 6.66. The van der Waals surface area contributed by atoms with E-state index in [1.165, 1.54) is 20.0 Å². The Morgan fingerprint density at radius 1 is 1.00 bits per heavy atom. The van der Waals surface area contributed by atoms with E-state index in [1.807, 2.05) is 18.2 Å². The summed E-state index contributed by atoms with van der Waals surface area (Å²) in [4.78, 5) is 24.4. The van der Waals surface area contributed by atoms with E-state index < -0.39 is 12.1 Å². The van der Waals surface area contributed by atoms with E-state index in [4.69, 9.17) is 14.2 Å². The van der Waals surface area contributed by atoms with Gasteiger partial charge in [-0.15, -0.1) is 0 Å². The highest BCUT2D eigenvalue weighted by Crippen LogP contribution is 2.35. The first kappa shape index (κ1) is 23.3. The number of carbonyl (C=O) groups is 2. The van der Waals surface area contributed by atoms with Crippen molar-refractivity contribution in [1.82, 2.24) is 4.57 Å². The second kappa shape index (κ2) is 10.0. The van der Waals surface area contributed by atoms with Crippen molar-refractivity contribution in [2.75, 3.05) is 19.5 Å². The monoisotopic (exact) mass is 476 g/mol. The van der Waals surface area contributed by atoms with Gasteiger partial charge in [0.2, 0.25) is 0 Å². The predicted molar refractivity (Wildman–Crippen MR) is 134 cm³/mol. The lowest BCUT2D eigenvalue weighted by Gasteiger charge is -2.13. The Morgan fingerprint density at radius 2 is 1.80 bits per heavy atom. The molecule has 0 spiro atoms. The molecule has 2 aliphatic carbocycles. The highest BCUT2D eigenvalue weighted by molar-refractivity contribution is 5.92. The minimum absolute atomic E-state index is 0.0225. The van der Waals surface area contributed by atoms with Crippen molar-refractivity contribution >= 4 is 28.7 Å². The van der Waals surface area contributed by atoms with Crippen LogP contribution >= 0.6 is 0 Å². The molecule has 2 fully saturated rings. The van der Waals surface area contributed by atoms with Crippen molar-refractivity contribution in [2.24, 2.45) is 5.92 Å². The topological polar surface area (TPSA) is 78.8 Å². The van der Waals surface area contributed by atoms with Gasteiger partial charge >= 0.3 is 12.1 Å². The number of ether oxygens (including phenoxy) is 3. The molecule has 1 heterocycles. The molecule has 0 aliphatic heterocycles. The summed E-state index contributed by atoms with van der Waals surface area (Å²) < 4.78 is 18.3. The van der Waals surface area contributed by atoms with Crippen molar-refractivity contribution in [3.8, 4) is 5.75 Å². The smallest absolute Gasteiger partial charge is 0.411 e. The molecule has 1 aromatic heterocycles. The van der Waals surface area contributed by atoms with Crippen LogP contribution in [0.5, 0.6) is 5.75 Å². The van der Waals surface area contributed by atoms with Gasteiger partial charge in [0.25, 0.3) is 0 Å². The number of methoxy groups -OCH3 is 2. The van der Waals surface area contributed by atoms with Gasteiger partial charge in [-0.3, -0.25) is 5.32 Å². The minimum atomic E-state index is -0.393. The highest BCUT2D eigenvalue weighted by Gasteiger charge is 2.24. The molecule has 2 aromatic carbocycles. The fourth-order valence-corrected chi connectivity index (χ4v) is 4.96. The third-order valence-corrected chi connectivity index (χ3v) is 7.03. The average Bonchev–Trinajstić information content (AvgIpc) is 3.42. The van der Waals surface area contributed by atoms with Crippen LogP contribution in [0.2, 0.25) is 0 Å². The lowest BCUT2D eigenvalue weighted by Crippen LogP contribution is -2.20. The molecule has 5 rings (SSSR count). The maximum absolute atomic E-state index is 12.4. The number of hydrogen-bond acceptors (Lipinski definition) is 5. The Balaban J connectivity index is 1.43. The van der Waals surface area contributed by atoms with Gasteiger partial charge in [-0.05, 0) is 85.9 Å². The zero-order chi connectivity index (χ0) is 24.4. The van der Waals surface area contributed by atoms with E-state index in [1.54, 1.807) is 19.2 Å². The van der Waals surface area contributed by atoms with E-state index in [-0.39, 0.29) is 6.10 Å². The van der Waals surface area contributed by atoms with Gasteiger partial charge < -0.3 is 18.8 Å². The zero-order valence-electron chi connectivity index (χ0n) is 20.3. The van der Waals surface area contributed by atoms with Crippen LogP contribution in [0.4, 0.5) is 10.5 Å². The normalized spacial score (nSPS) is 15.8. The summed E-state index contributed by atoms with van der Waals surface area (Å²) >= 11 is 0. The van der Waals surface area contributed by atoms with Crippen molar-refractivity contribution < 1.29 is 23.8 Å². The largest absolute Gasteiger partial charge is 0.496 e. The van der Waals surface area contributed by atoms with Crippen LogP contribution in [0.25, 0.3) is 10.9 Å². The molecule has 3 aromatic rings. The first-order valence-corrected chi connectivity index (χ1v) is 12.4. The molecular formula is C28H32N2O5. The van der Waals surface area contributed by atoms with Crippen LogP contribution in [0.1, 0.15) is 60.0 Å². The number of esters is 1. The first-order chi connectivity index (χ1) is 17.0. The number of anilines is 1. The molecule has 35 heavy (non-hydrogen) atoms. The molecule has 2 saturated carbocycles. The van der Waals surface area contributed by atoms with E-state index in [0.717, 1.165) is 65.9 Å². The predicted octanol–water partition coefficient (Wildman–Crippen LogP) is 5.93. The highest BCUT2D eigenvalue weighted by atomic mass is 16.6. The van der Waals surface area contributed by atoms with E-state index in [2.05, 4.69) is 22.1 Å². The van der Waals surface area contributed by atoms with Gasteiger partial charge in [0.15, 0.2) is 0 Å². The lowest BCUT2D eigenvalue weighted by molar-refractivity contribution is 0.0600. The average molecular weight is 477 g/mol. The Bertz CT molecular complexity index is 1240. The maximum atomic E-state index is 12.4. The van der Waals surface area contributed by atoms with Crippen LogP contribution in [0, 0.1) is 5.92 Å². The number of amides is 1. The summed E-state index contributed by atoms with van der Waals surface area (Å²) in [5, 5.41) is 4.00. The number of carbonyl (C=O) groups excluding carboxylic acids is 2. The van der Waals surface area contributed by atoms with Crippen LogP contribution in [0.3, 0.4) is 0 Å². The summed E-state index contributed by atoms with van der Waals surface area (Å²) in [6.07, 6.45) is 9.12. The van der Waals surface area contributed by atoms with Gasteiger partial charge in [-0.1, -0.05) is 6.07 Å². The molecule has 1 amide bonds. The standard InChI is InChI=1S/C28H32N2O5/c1-33-26-14-20(27(31)34-2)10-9-19(26)13-21-17-30(16-18-7-8-18)25-12-11-22(15-24(21)25)29-28(32)35-23-5-3-4-6-23/h9-12,14-15,17-18,23H,3-8,13,16H2,1-2H3,(H,29,32). The van der Waals surface area contributed by atoms with Crippen LogP contribution in [-0.2, 0) is 22.4 Å². The van der Waals surface area contributed by atoms with Gasteiger partial charge in [0, 0.05) is 35.8 Å². The Labute approximate surface area is 205 Å². The molecule has 0 bridgehead atoms. The van der Waals surface area contributed by atoms with Gasteiger partial charge in [0.1, 0.15) is 11.9 Å². The number of nitrogens with one attached hydrogen (secondary N) is 1. The van der Waals surface area contributed by atoms with Crippen molar-refractivity contribution in [3.05, 3.63) is 59.3 Å². The molecule has 2 aliphatic rings. The SMILES string of the molecule is COC(=O)c1ccc(Cc2cn(CC3CC3)c3ccc(NC(=O)OC4CCCC4)cc23)c(OC)c1. The number of rotatable bonds is 8. The molecule has 0 atom stereocenters. The molecule has 184 valence electrons. The zero-order valence-corrected chi connectivity index (χ0v) is 20.3. The Hall–Kier alpha value is -3.48. The van der Waals surface area contributed by atoms with E-state index >= 15 is 0 Å². The summed E-state index contributed by atoms with van der Waals surface area (Å²) in [7, 11) is 2.97. The van der Waals surface area contributed by atoms with Crippen molar-refractivity contribution in [1.29, 1.82) is 0 Å². The van der Waals surface area contributed by atoms with Crippen molar-refractivity contribution in [2.45, 2.75) is 57.6 Å². The lowest BCUT2D eigenvalue weighted by atomic mass is 10.0. The molecule has 7 heteroatoms. The third-order valence-electron chi connectivity index (χ3n) is 7.03. The number of nitrogens with zero attached hydrogens (tertiary/aromatic N) is 1. The molecule has 7 nitrogen and oxygen atoms in total. The molecule has 0 radical (unpaired) electrons. The second-order valence-electron chi connectivity index (χ2n) is 9.61. The number of fused-ring (bicyclic) bond motifs is 1. The summed E-state index contributed by atoms with van der Waals surface area (Å²) in [6, 6.07) is 11.4. The number of aromatic nitrogens is 1. The summed E-state index contributed by atoms with van der Waals surface area (Å²) in [6.45, 7) is 0.991. The summed E-state index contributed by atoms with van der Waals surface area (Å²) in [5.41, 5.74) is 4.43. The van der Waals surface area contributed by atoms with Crippen LogP contribution < -0.4 is 10.1 Å². The van der Waals surface area contributed by atoms with Gasteiger partial charge in [0.05, 0.1) is 19.8 Å². The molecule has 0 unspecified atom stereocenters. The summed E-state index contributed by atoms with van der Waals surface area (Å²) in [5.74, 6) is 0.980. The second-order valence-corrected chi connectivity index (χ2v) is 9.61. The fraction of sp³-hybridized carbons (Fsp3) is 0.429. The number of benzene rings is 2. The molecule has 0 saturated heterocycles. The quantitative estimate of drug-likeness (QED) is 0.408. The van der Waals surface area contributed by atoms with Gasteiger partial charge in [-0.25, -0.2) is 9.59 Å². The van der Waals surface area contributed by atoms with E-state index in [9.17, 15) is 9.59 Å². The molecule has 1 N–H and O–H groups in total. The fourth-order valence-electron chi connectivity index (χ4n) is 4.96. The van der Waals surface area contributed by atoms with Crippen LogP contribution in [-0.4, -0.2) is 37.0 Å². The first-order valence-electron chi connectivity index (χ1n) is 12.4. The minimum Gasteiger partial charge on any atom is -0.496 e. The van der Waals surface area contributed by atoms with Crippen LogP contribution in [0.15, 0.2) is 42.6 Å².